The summed E-state index contributed by atoms with van der Waals surface area (Å²) in [6, 6.07) is 10.5. The Balaban J connectivity index is 1.69. The van der Waals surface area contributed by atoms with Crippen molar-refractivity contribution in [1.29, 1.82) is 0 Å². The van der Waals surface area contributed by atoms with Crippen molar-refractivity contribution < 1.29 is 9.53 Å². The van der Waals surface area contributed by atoms with Gasteiger partial charge in [-0.15, -0.1) is 6.42 Å². The first-order valence-corrected chi connectivity index (χ1v) is 7.43. The minimum absolute atomic E-state index is 0.0831. The van der Waals surface area contributed by atoms with E-state index in [1.165, 1.54) is 5.56 Å². The van der Waals surface area contributed by atoms with Gasteiger partial charge in [0, 0.05) is 26.2 Å². The average molecular weight is 284 g/mol. The predicted molar refractivity (Wildman–Crippen MR) is 80.4 cm³/mol. The van der Waals surface area contributed by atoms with E-state index in [0.29, 0.717) is 13.2 Å². The highest BCUT2D eigenvalue weighted by atomic mass is 16.5. The van der Waals surface area contributed by atoms with Gasteiger partial charge < -0.3 is 9.64 Å². The monoisotopic (exact) mass is 284 g/mol. The third-order valence-corrected chi connectivity index (χ3v) is 4.30. The van der Waals surface area contributed by atoms with Gasteiger partial charge in [-0.3, -0.25) is 9.69 Å². The third-order valence-electron chi connectivity index (χ3n) is 4.30. The summed E-state index contributed by atoms with van der Waals surface area (Å²) in [5.74, 6) is 2.03. The molecule has 4 nitrogen and oxygen atoms in total. The minimum atomic E-state index is -0.213. The molecule has 2 aliphatic rings. The maximum absolute atomic E-state index is 11.9. The molecule has 2 unspecified atom stereocenters. The Labute approximate surface area is 125 Å². The second-order valence-corrected chi connectivity index (χ2v) is 5.63. The van der Waals surface area contributed by atoms with Gasteiger partial charge in [0.1, 0.15) is 0 Å². The Bertz CT molecular complexity index is 537. The molecule has 3 rings (SSSR count). The standard InChI is InChI=1S/C17H20N2O2/c1-2-17(20)19-10-11-21-16-8-9-18(13-15(16)19)12-14-6-4-3-5-7-14/h1,3-7,15-16H,8-13H2. The van der Waals surface area contributed by atoms with Gasteiger partial charge in [0.15, 0.2) is 0 Å². The molecule has 21 heavy (non-hydrogen) atoms. The lowest BCUT2D eigenvalue weighted by Crippen LogP contribution is -2.61. The minimum Gasteiger partial charge on any atom is -0.374 e. The highest BCUT2D eigenvalue weighted by molar-refractivity contribution is 5.93. The quantitative estimate of drug-likeness (QED) is 0.763. The number of hydrogen-bond donors (Lipinski definition) is 0. The van der Waals surface area contributed by atoms with Crippen molar-refractivity contribution in [3.05, 3.63) is 35.9 Å². The number of hydrogen-bond acceptors (Lipinski definition) is 3. The van der Waals surface area contributed by atoms with E-state index in [9.17, 15) is 4.79 Å². The number of carbonyl (C=O) groups excluding carboxylic acids is 1. The van der Waals surface area contributed by atoms with Gasteiger partial charge >= 0.3 is 0 Å². The van der Waals surface area contributed by atoms with Gasteiger partial charge in [0.25, 0.3) is 5.91 Å². The van der Waals surface area contributed by atoms with E-state index in [-0.39, 0.29) is 18.1 Å². The van der Waals surface area contributed by atoms with Crippen molar-refractivity contribution in [2.75, 3.05) is 26.2 Å². The molecule has 2 aliphatic heterocycles. The van der Waals surface area contributed by atoms with Crippen LogP contribution in [0.4, 0.5) is 0 Å². The lowest BCUT2D eigenvalue weighted by Gasteiger charge is -2.46. The zero-order valence-electron chi connectivity index (χ0n) is 12.1. The molecule has 2 fully saturated rings. The summed E-state index contributed by atoms with van der Waals surface area (Å²) < 4.78 is 5.82. The van der Waals surface area contributed by atoms with Crippen LogP contribution in [0, 0.1) is 12.3 Å². The fourth-order valence-corrected chi connectivity index (χ4v) is 3.26. The van der Waals surface area contributed by atoms with E-state index in [2.05, 4.69) is 35.1 Å². The summed E-state index contributed by atoms with van der Waals surface area (Å²) in [5.41, 5.74) is 1.29. The summed E-state index contributed by atoms with van der Waals surface area (Å²) in [6.45, 7) is 3.92. The number of fused-ring (bicyclic) bond motifs is 1. The van der Waals surface area contributed by atoms with Crippen LogP contribution in [-0.2, 0) is 16.1 Å². The second-order valence-electron chi connectivity index (χ2n) is 5.63. The molecule has 0 bridgehead atoms. The topological polar surface area (TPSA) is 32.8 Å². The zero-order chi connectivity index (χ0) is 14.7. The summed E-state index contributed by atoms with van der Waals surface area (Å²) in [4.78, 5) is 16.1. The summed E-state index contributed by atoms with van der Waals surface area (Å²) in [5, 5.41) is 0. The van der Waals surface area contributed by atoms with Gasteiger partial charge in [-0.05, 0) is 17.9 Å². The van der Waals surface area contributed by atoms with E-state index in [4.69, 9.17) is 11.2 Å². The van der Waals surface area contributed by atoms with Crippen molar-refractivity contribution in [2.24, 2.45) is 0 Å². The van der Waals surface area contributed by atoms with E-state index >= 15 is 0 Å². The maximum atomic E-state index is 11.9. The molecule has 0 N–H and O–H groups in total. The Morgan fingerprint density at radius 1 is 1.33 bits per heavy atom. The van der Waals surface area contributed by atoms with Crippen LogP contribution in [0.5, 0.6) is 0 Å². The molecule has 1 aromatic rings. The Morgan fingerprint density at radius 2 is 2.14 bits per heavy atom. The smallest absolute Gasteiger partial charge is 0.298 e. The highest BCUT2D eigenvalue weighted by Crippen LogP contribution is 2.24. The molecule has 110 valence electrons. The molecule has 0 saturated carbocycles. The van der Waals surface area contributed by atoms with E-state index in [1.54, 1.807) is 0 Å². The number of likely N-dealkylation sites (tertiary alicyclic amines) is 1. The van der Waals surface area contributed by atoms with Crippen LogP contribution in [-0.4, -0.2) is 54.1 Å². The number of terminal acetylenes is 1. The first-order chi connectivity index (χ1) is 10.3. The normalized spacial score (nSPS) is 26.0. The number of nitrogens with zero attached hydrogens (tertiary/aromatic N) is 2. The molecule has 2 saturated heterocycles. The summed E-state index contributed by atoms with van der Waals surface area (Å²) >= 11 is 0. The molecule has 0 radical (unpaired) electrons. The van der Waals surface area contributed by atoms with Crippen molar-refractivity contribution >= 4 is 5.91 Å². The first-order valence-electron chi connectivity index (χ1n) is 7.43. The third kappa shape index (κ3) is 3.10. The second kappa shape index (κ2) is 6.30. The molecule has 2 heterocycles. The van der Waals surface area contributed by atoms with Crippen LogP contribution in [0.15, 0.2) is 30.3 Å². The largest absolute Gasteiger partial charge is 0.374 e. The van der Waals surface area contributed by atoms with E-state index in [0.717, 1.165) is 26.1 Å². The number of amides is 1. The van der Waals surface area contributed by atoms with Crippen LogP contribution < -0.4 is 0 Å². The summed E-state index contributed by atoms with van der Waals surface area (Å²) in [7, 11) is 0. The zero-order valence-corrected chi connectivity index (χ0v) is 12.1. The lowest BCUT2D eigenvalue weighted by molar-refractivity contribution is -0.147. The number of piperidine rings is 1. The van der Waals surface area contributed by atoms with Crippen LogP contribution >= 0.6 is 0 Å². The van der Waals surface area contributed by atoms with Gasteiger partial charge in [0.05, 0.1) is 18.8 Å². The number of rotatable bonds is 2. The number of ether oxygens (including phenoxy) is 1. The first kappa shape index (κ1) is 14.1. The van der Waals surface area contributed by atoms with E-state index < -0.39 is 0 Å². The van der Waals surface area contributed by atoms with Crippen LogP contribution in [0.2, 0.25) is 0 Å². The van der Waals surface area contributed by atoms with Crippen LogP contribution in [0.1, 0.15) is 12.0 Å². The Kier molecular flexibility index (Phi) is 4.23. The van der Waals surface area contributed by atoms with Gasteiger partial charge in [-0.1, -0.05) is 30.3 Å². The van der Waals surface area contributed by atoms with Crippen LogP contribution in [0.3, 0.4) is 0 Å². The van der Waals surface area contributed by atoms with Crippen molar-refractivity contribution in [3.8, 4) is 12.3 Å². The van der Waals surface area contributed by atoms with Crippen LogP contribution in [0.25, 0.3) is 0 Å². The van der Waals surface area contributed by atoms with Crippen molar-refractivity contribution in [2.45, 2.75) is 25.1 Å². The number of carbonyl (C=O) groups is 1. The van der Waals surface area contributed by atoms with Gasteiger partial charge in [-0.2, -0.15) is 0 Å². The fourth-order valence-electron chi connectivity index (χ4n) is 3.26. The number of morpholine rings is 1. The molecule has 0 aromatic heterocycles. The predicted octanol–water partition coefficient (Wildman–Crippen LogP) is 1.12. The molecule has 1 amide bonds. The van der Waals surface area contributed by atoms with Crippen molar-refractivity contribution in [1.82, 2.24) is 9.80 Å². The Morgan fingerprint density at radius 3 is 2.90 bits per heavy atom. The molecule has 1 aromatic carbocycles. The molecule has 0 spiro atoms. The molecular weight excluding hydrogens is 264 g/mol. The molecule has 4 heteroatoms. The molecule has 2 atom stereocenters. The van der Waals surface area contributed by atoms with Gasteiger partial charge in [0.2, 0.25) is 0 Å². The fraction of sp³-hybridized carbons (Fsp3) is 0.471. The SMILES string of the molecule is C#CC(=O)N1CCOC2CCN(Cc3ccccc3)CC21. The van der Waals surface area contributed by atoms with Gasteiger partial charge in [-0.25, -0.2) is 0 Å². The highest BCUT2D eigenvalue weighted by Gasteiger charge is 2.38. The Hall–Kier alpha value is -1.83. The molecule has 0 aliphatic carbocycles. The van der Waals surface area contributed by atoms with Crippen molar-refractivity contribution in [3.63, 3.8) is 0 Å². The summed E-state index contributed by atoms with van der Waals surface area (Å²) in [6.07, 6.45) is 6.37. The lowest BCUT2D eigenvalue weighted by atomic mass is 9.98. The maximum Gasteiger partial charge on any atom is 0.298 e. The van der Waals surface area contributed by atoms with E-state index in [1.807, 2.05) is 11.0 Å². The molecular formula is C17H20N2O2. The number of benzene rings is 1. The average Bonchev–Trinajstić information content (AvgIpc) is 2.54.